The lowest BCUT2D eigenvalue weighted by Gasteiger charge is -2.15. The molecule has 0 saturated carbocycles. The number of hydrogen-bond acceptors (Lipinski definition) is 5. The molecule has 0 radical (unpaired) electrons. The minimum Gasteiger partial charge on any atom is -0.493 e. The molecule has 1 fully saturated rings. The number of nitrogens with one attached hydrogen (secondary N) is 1. The van der Waals surface area contributed by atoms with E-state index in [2.05, 4.69) is 9.50 Å². The maximum atomic E-state index is 12.4. The first-order chi connectivity index (χ1) is 10.1. The number of methoxy groups -OCH3 is 1. The Labute approximate surface area is 124 Å². The van der Waals surface area contributed by atoms with Crippen LogP contribution in [-0.2, 0) is 14.9 Å². The predicted molar refractivity (Wildman–Crippen MR) is 69.0 cm³/mol. The molecule has 0 aromatic heterocycles. The maximum Gasteiger partial charge on any atom is 0.534 e. The zero-order valence-corrected chi connectivity index (χ0v) is 12.1. The van der Waals surface area contributed by atoms with Gasteiger partial charge in [-0.15, -0.1) is 0 Å². The van der Waals surface area contributed by atoms with Gasteiger partial charge in [0.05, 0.1) is 7.11 Å². The second kappa shape index (κ2) is 5.67. The summed E-state index contributed by atoms with van der Waals surface area (Å²) in [6.45, 7) is 0.316. The summed E-state index contributed by atoms with van der Waals surface area (Å²) in [5, 5.41) is 2.58. The summed E-state index contributed by atoms with van der Waals surface area (Å²) in [6, 6.07) is 3.96. The van der Waals surface area contributed by atoms with Crippen molar-refractivity contribution in [2.24, 2.45) is 0 Å². The van der Waals surface area contributed by atoms with Gasteiger partial charge in [-0.05, 0) is 17.7 Å². The third-order valence-electron chi connectivity index (χ3n) is 3.12. The van der Waals surface area contributed by atoms with Gasteiger partial charge in [0.25, 0.3) is 0 Å². The molecule has 1 aliphatic heterocycles. The summed E-state index contributed by atoms with van der Waals surface area (Å²) < 4.78 is 68.3. The van der Waals surface area contributed by atoms with Crippen LogP contribution < -0.4 is 14.2 Å². The molecule has 22 heavy (non-hydrogen) atoms. The van der Waals surface area contributed by atoms with E-state index in [0.717, 1.165) is 6.07 Å². The minimum absolute atomic E-state index is 0.158. The number of halogens is 3. The fourth-order valence-electron chi connectivity index (χ4n) is 2.02. The fraction of sp³-hybridized carbons (Fsp3) is 0.417. The average Bonchev–Trinajstić information content (AvgIpc) is 2.83. The lowest BCUT2D eigenvalue weighted by Crippen LogP contribution is -2.28. The lowest BCUT2D eigenvalue weighted by molar-refractivity contribution is -0.119. The number of ether oxygens (including phenoxy) is 1. The van der Waals surface area contributed by atoms with E-state index in [0.29, 0.717) is 12.1 Å². The number of carbonyl (C=O) groups excluding carboxylic acids is 1. The van der Waals surface area contributed by atoms with E-state index in [9.17, 15) is 26.4 Å². The van der Waals surface area contributed by atoms with Crippen LogP contribution in [0.1, 0.15) is 17.9 Å². The van der Waals surface area contributed by atoms with Crippen LogP contribution in [0.2, 0.25) is 0 Å². The molecule has 6 nitrogen and oxygen atoms in total. The molecule has 122 valence electrons. The van der Waals surface area contributed by atoms with E-state index in [1.165, 1.54) is 19.2 Å². The Morgan fingerprint density at radius 2 is 1.95 bits per heavy atom. The summed E-state index contributed by atoms with van der Waals surface area (Å²) >= 11 is 0. The molecule has 10 heteroatoms. The largest absolute Gasteiger partial charge is 0.534 e. The van der Waals surface area contributed by atoms with E-state index >= 15 is 0 Å². The van der Waals surface area contributed by atoms with Gasteiger partial charge >= 0.3 is 15.6 Å². The van der Waals surface area contributed by atoms with Gasteiger partial charge in [0.1, 0.15) is 0 Å². The summed E-state index contributed by atoms with van der Waals surface area (Å²) in [4.78, 5) is 11.2. The smallest absolute Gasteiger partial charge is 0.493 e. The third-order valence-corrected chi connectivity index (χ3v) is 4.09. The predicted octanol–water partition coefficient (Wildman–Crippen LogP) is 1.53. The van der Waals surface area contributed by atoms with E-state index < -0.39 is 21.4 Å². The summed E-state index contributed by atoms with van der Waals surface area (Å²) in [7, 11) is -4.63. The van der Waals surface area contributed by atoms with Crippen molar-refractivity contribution in [1.82, 2.24) is 5.32 Å². The second-order valence-electron chi connectivity index (χ2n) is 4.60. The van der Waals surface area contributed by atoms with E-state index in [1.54, 1.807) is 0 Å². The van der Waals surface area contributed by atoms with Crippen molar-refractivity contribution >= 4 is 16.0 Å². The average molecular weight is 339 g/mol. The zero-order valence-electron chi connectivity index (χ0n) is 11.3. The molecule has 1 atom stereocenters. The van der Waals surface area contributed by atoms with Gasteiger partial charge in [-0.25, -0.2) is 0 Å². The number of hydrogen-bond donors (Lipinski definition) is 1. The van der Waals surface area contributed by atoms with Gasteiger partial charge < -0.3 is 14.2 Å². The van der Waals surface area contributed by atoms with Gasteiger partial charge in [0, 0.05) is 18.9 Å². The highest BCUT2D eigenvalue weighted by atomic mass is 32.2. The number of benzene rings is 1. The van der Waals surface area contributed by atoms with E-state index in [4.69, 9.17) is 4.74 Å². The Bertz CT molecular complexity index is 686. The topological polar surface area (TPSA) is 81.7 Å². The summed E-state index contributed by atoms with van der Waals surface area (Å²) in [5.41, 5.74) is -5.06. The Morgan fingerprint density at radius 1 is 1.27 bits per heavy atom. The van der Waals surface area contributed by atoms with Crippen molar-refractivity contribution in [3.63, 3.8) is 0 Å². The highest BCUT2D eigenvalue weighted by Gasteiger charge is 2.49. The van der Waals surface area contributed by atoms with Crippen LogP contribution in [0.5, 0.6) is 11.5 Å². The standard InChI is InChI=1S/C12H12F3NO5S/c1-20-9-3-2-7(8-5-11(17)16-6-8)4-10(9)21-22(18,19)12(13,14)15/h2-4,8H,5-6H2,1H3,(H,16,17). The van der Waals surface area contributed by atoms with E-state index in [-0.39, 0.29) is 24.0 Å². The van der Waals surface area contributed by atoms with Gasteiger partial charge in [-0.1, -0.05) is 6.07 Å². The molecule has 0 bridgehead atoms. The number of rotatable bonds is 4. The highest BCUT2D eigenvalue weighted by Crippen LogP contribution is 2.36. The first kappa shape index (κ1) is 16.4. The minimum atomic E-state index is -5.80. The monoisotopic (exact) mass is 339 g/mol. The van der Waals surface area contributed by atoms with Crippen molar-refractivity contribution in [1.29, 1.82) is 0 Å². The molecular formula is C12H12F3NO5S. The van der Waals surface area contributed by atoms with Crippen LogP contribution in [0.25, 0.3) is 0 Å². The van der Waals surface area contributed by atoms with Crippen LogP contribution in [-0.4, -0.2) is 33.5 Å². The molecule has 1 N–H and O–H groups in total. The van der Waals surface area contributed by atoms with Crippen molar-refractivity contribution < 1.29 is 35.3 Å². The lowest BCUT2D eigenvalue weighted by atomic mass is 9.98. The second-order valence-corrected chi connectivity index (χ2v) is 6.14. The molecule has 0 spiro atoms. The molecule has 1 aromatic rings. The Kier molecular flexibility index (Phi) is 4.23. The van der Waals surface area contributed by atoms with Gasteiger partial charge in [0.15, 0.2) is 11.5 Å². The van der Waals surface area contributed by atoms with Crippen molar-refractivity contribution in [3.8, 4) is 11.5 Å². The third kappa shape index (κ3) is 3.26. The molecule has 1 amide bonds. The Balaban J connectivity index is 2.35. The Hall–Kier alpha value is -1.97. The Morgan fingerprint density at radius 3 is 2.45 bits per heavy atom. The first-order valence-corrected chi connectivity index (χ1v) is 7.50. The molecule has 2 rings (SSSR count). The normalized spacial score (nSPS) is 18.9. The van der Waals surface area contributed by atoms with Gasteiger partial charge in [-0.2, -0.15) is 21.6 Å². The van der Waals surface area contributed by atoms with Crippen LogP contribution in [0, 0.1) is 0 Å². The van der Waals surface area contributed by atoms with Crippen LogP contribution in [0.15, 0.2) is 18.2 Å². The van der Waals surface area contributed by atoms with E-state index in [1.807, 2.05) is 0 Å². The van der Waals surface area contributed by atoms with Gasteiger partial charge in [0.2, 0.25) is 5.91 Å². The van der Waals surface area contributed by atoms with Gasteiger partial charge in [-0.3, -0.25) is 4.79 Å². The molecule has 1 aromatic carbocycles. The number of amides is 1. The summed E-state index contributed by atoms with van der Waals surface area (Å²) in [6.07, 6.45) is 0.164. The fourth-order valence-corrected chi connectivity index (χ4v) is 2.48. The maximum absolute atomic E-state index is 12.4. The zero-order chi connectivity index (χ0) is 16.5. The van der Waals surface area contributed by atoms with Crippen molar-refractivity contribution in [2.75, 3.05) is 13.7 Å². The van der Waals surface area contributed by atoms with Crippen LogP contribution >= 0.6 is 0 Å². The quantitative estimate of drug-likeness (QED) is 0.664. The molecule has 1 saturated heterocycles. The molecule has 1 heterocycles. The summed E-state index contributed by atoms with van der Waals surface area (Å²) in [5.74, 6) is -1.19. The highest BCUT2D eigenvalue weighted by molar-refractivity contribution is 7.88. The number of alkyl halides is 3. The van der Waals surface area contributed by atoms with Crippen LogP contribution in [0.3, 0.4) is 0 Å². The van der Waals surface area contributed by atoms with Crippen molar-refractivity contribution in [3.05, 3.63) is 23.8 Å². The first-order valence-electron chi connectivity index (χ1n) is 6.09. The van der Waals surface area contributed by atoms with Crippen molar-refractivity contribution in [2.45, 2.75) is 17.8 Å². The molecule has 1 aliphatic rings. The molecule has 0 aliphatic carbocycles. The number of carbonyl (C=O) groups is 1. The molecule has 1 unspecified atom stereocenters. The van der Waals surface area contributed by atoms with Crippen LogP contribution in [0.4, 0.5) is 13.2 Å². The molecular weight excluding hydrogens is 327 g/mol. The SMILES string of the molecule is COc1ccc(C2CNC(=O)C2)cc1OS(=O)(=O)C(F)(F)F.